The van der Waals surface area contributed by atoms with Gasteiger partial charge in [0.05, 0.1) is 19.0 Å². The molecule has 1 rings (SSSR count). The lowest BCUT2D eigenvalue weighted by atomic mass is 10.2. The van der Waals surface area contributed by atoms with Crippen molar-refractivity contribution in [3.63, 3.8) is 0 Å². The van der Waals surface area contributed by atoms with Crippen molar-refractivity contribution >= 4 is 16.0 Å². The molecule has 6 nitrogen and oxygen atoms in total. The molecule has 1 aromatic rings. The molecule has 0 aliphatic heterocycles. The molecule has 0 aliphatic rings. The van der Waals surface area contributed by atoms with Crippen LogP contribution >= 0.6 is 0 Å². The van der Waals surface area contributed by atoms with Crippen LogP contribution < -0.4 is 0 Å². The Morgan fingerprint density at radius 3 is 2.53 bits per heavy atom. The van der Waals surface area contributed by atoms with E-state index in [9.17, 15) is 13.2 Å². The van der Waals surface area contributed by atoms with E-state index < -0.39 is 22.5 Å². The maximum atomic E-state index is 11.7. The van der Waals surface area contributed by atoms with Crippen molar-refractivity contribution in [3.05, 3.63) is 35.9 Å². The molecule has 19 heavy (non-hydrogen) atoms. The highest BCUT2D eigenvalue weighted by atomic mass is 32.2. The fourth-order valence-electron chi connectivity index (χ4n) is 1.37. The largest absolute Gasteiger partial charge is 0.480 e. The third-order valence-corrected chi connectivity index (χ3v) is 4.19. The minimum atomic E-state index is -3.58. The van der Waals surface area contributed by atoms with Crippen LogP contribution in [0.15, 0.2) is 30.3 Å². The van der Waals surface area contributed by atoms with E-state index in [4.69, 9.17) is 9.84 Å². The van der Waals surface area contributed by atoms with E-state index >= 15 is 0 Å². The Morgan fingerprint density at radius 1 is 1.32 bits per heavy atom. The Bertz CT molecular complexity index is 500. The molecule has 0 amide bonds. The SMILES string of the molecule is CN(CC(=O)O)S(=O)(=O)CCOCc1ccccc1. The molecule has 1 N–H and O–H groups in total. The highest BCUT2D eigenvalue weighted by molar-refractivity contribution is 7.89. The van der Waals surface area contributed by atoms with Gasteiger partial charge in [-0.15, -0.1) is 0 Å². The number of nitrogens with zero attached hydrogens (tertiary/aromatic N) is 1. The molecule has 0 unspecified atom stereocenters. The summed E-state index contributed by atoms with van der Waals surface area (Å²) >= 11 is 0. The van der Waals surface area contributed by atoms with Crippen molar-refractivity contribution in [3.8, 4) is 0 Å². The molecule has 0 saturated heterocycles. The molecule has 1 aromatic carbocycles. The lowest BCUT2D eigenvalue weighted by molar-refractivity contribution is -0.137. The number of hydrogen-bond acceptors (Lipinski definition) is 4. The molecule has 0 spiro atoms. The monoisotopic (exact) mass is 287 g/mol. The lowest BCUT2D eigenvalue weighted by Gasteiger charge is -2.14. The Kier molecular flexibility index (Phi) is 5.94. The molecule has 0 aromatic heterocycles. The summed E-state index contributed by atoms with van der Waals surface area (Å²) in [5, 5.41) is 8.53. The standard InChI is InChI=1S/C12H17NO5S/c1-13(9-12(14)15)19(16,17)8-7-18-10-11-5-3-2-4-6-11/h2-6H,7-10H2,1H3,(H,14,15). The van der Waals surface area contributed by atoms with Crippen LogP contribution in [0.25, 0.3) is 0 Å². The van der Waals surface area contributed by atoms with Crippen LogP contribution in [0, 0.1) is 0 Å². The number of ether oxygens (including phenoxy) is 1. The van der Waals surface area contributed by atoms with Gasteiger partial charge in [-0.25, -0.2) is 8.42 Å². The summed E-state index contributed by atoms with van der Waals surface area (Å²) < 4.78 is 29.4. The molecule has 0 heterocycles. The van der Waals surface area contributed by atoms with Gasteiger partial charge in [0.25, 0.3) is 0 Å². The normalized spacial score (nSPS) is 11.7. The molecule has 0 aliphatic carbocycles. The number of carboxylic acid groups (broad SMARTS) is 1. The zero-order valence-corrected chi connectivity index (χ0v) is 11.5. The number of rotatable bonds is 8. The zero-order valence-electron chi connectivity index (χ0n) is 10.7. The van der Waals surface area contributed by atoms with Gasteiger partial charge >= 0.3 is 5.97 Å². The van der Waals surface area contributed by atoms with Gasteiger partial charge in [0.2, 0.25) is 10.0 Å². The van der Waals surface area contributed by atoms with Crippen molar-refractivity contribution < 1.29 is 23.1 Å². The van der Waals surface area contributed by atoms with Gasteiger partial charge < -0.3 is 9.84 Å². The van der Waals surface area contributed by atoms with Gasteiger partial charge in [-0.3, -0.25) is 4.79 Å². The van der Waals surface area contributed by atoms with E-state index in [0.29, 0.717) is 6.61 Å². The summed E-state index contributed by atoms with van der Waals surface area (Å²) in [6.07, 6.45) is 0. The topological polar surface area (TPSA) is 83.9 Å². The Hall–Kier alpha value is -1.44. The van der Waals surface area contributed by atoms with Crippen LogP contribution in [0.2, 0.25) is 0 Å². The fraction of sp³-hybridized carbons (Fsp3) is 0.417. The Morgan fingerprint density at radius 2 is 1.95 bits per heavy atom. The van der Waals surface area contributed by atoms with Gasteiger partial charge in [-0.1, -0.05) is 30.3 Å². The summed E-state index contributed by atoms with van der Waals surface area (Å²) in [6, 6.07) is 9.39. The van der Waals surface area contributed by atoms with Crippen molar-refractivity contribution in [2.24, 2.45) is 0 Å². The average Bonchev–Trinajstić information content (AvgIpc) is 2.35. The minimum absolute atomic E-state index is 0.0290. The van der Waals surface area contributed by atoms with E-state index in [-0.39, 0.29) is 12.4 Å². The predicted molar refractivity (Wildman–Crippen MR) is 70.2 cm³/mol. The highest BCUT2D eigenvalue weighted by Crippen LogP contribution is 2.02. The van der Waals surface area contributed by atoms with Gasteiger partial charge in [-0.2, -0.15) is 4.31 Å². The van der Waals surface area contributed by atoms with Gasteiger partial charge in [0.1, 0.15) is 6.54 Å². The van der Waals surface area contributed by atoms with Crippen LogP contribution in [0.3, 0.4) is 0 Å². The summed E-state index contributed by atoms with van der Waals surface area (Å²) in [5.41, 5.74) is 0.957. The summed E-state index contributed by atoms with van der Waals surface area (Å²) in [5.74, 6) is -1.42. The van der Waals surface area contributed by atoms with Gasteiger partial charge in [0, 0.05) is 7.05 Å². The average molecular weight is 287 g/mol. The summed E-state index contributed by atoms with van der Waals surface area (Å²) in [7, 11) is -2.35. The Balaban J connectivity index is 2.34. The lowest BCUT2D eigenvalue weighted by Crippen LogP contribution is -2.34. The predicted octanol–water partition coefficient (Wildman–Crippen LogP) is 0.549. The smallest absolute Gasteiger partial charge is 0.318 e. The number of aliphatic carboxylic acids is 1. The minimum Gasteiger partial charge on any atom is -0.480 e. The number of carboxylic acids is 1. The van der Waals surface area contributed by atoms with E-state index in [1.54, 1.807) is 0 Å². The number of carbonyl (C=O) groups is 1. The van der Waals surface area contributed by atoms with E-state index in [0.717, 1.165) is 9.87 Å². The maximum absolute atomic E-state index is 11.7. The third kappa shape index (κ3) is 5.82. The van der Waals surface area contributed by atoms with Crippen molar-refractivity contribution in [2.75, 3.05) is 26.0 Å². The van der Waals surface area contributed by atoms with E-state index in [1.165, 1.54) is 7.05 Å². The van der Waals surface area contributed by atoms with Crippen LogP contribution in [0.4, 0.5) is 0 Å². The quantitative estimate of drug-likeness (QED) is 0.706. The van der Waals surface area contributed by atoms with E-state index in [2.05, 4.69) is 0 Å². The van der Waals surface area contributed by atoms with Gasteiger partial charge in [0.15, 0.2) is 0 Å². The molecule has 0 fully saturated rings. The van der Waals surface area contributed by atoms with Crippen molar-refractivity contribution in [1.82, 2.24) is 4.31 Å². The molecule has 7 heteroatoms. The van der Waals surface area contributed by atoms with Crippen LogP contribution in [-0.2, 0) is 26.2 Å². The van der Waals surface area contributed by atoms with Crippen LogP contribution in [0.5, 0.6) is 0 Å². The molecule has 106 valence electrons. The number of hydrogen-bond donors (Lipinski definition) is 1. The fourth-order valence-corrected chi connectivity index (χ4v) is 2.32. The number of benzene rings is 1. The number of likely N-dealkylation sites (N-methyl/N-ethyl adjacent to an activating group) is 1. The molecule has 0 radical (unpaired) electrons. The summed E-state index contributed by atoms with van der Waals surface area (Å²) in [4.78, 5) is 10.4. The van der Waals surface area contributed by atoms with Crippen LogP contribution in [-0.4, -0.2) is 49.8 Å². The third-order valence-electron chi connectivity index (χ3n) is 2.43. The molecular weight excluding hydrogens is 270 g/mol. The second-order valence-electron chi connectivity index (χ2n) is 4.00. The highest BCUT2D eigenvalue weighted by Gasteiger charge is 2.19. The maximum Gasteiger partial charge on any atom is 0.318 e. The Labute approximate surface area is 112 Å². The van der Waals surface area contributed by atoms with Crippen molar-refractivity contribution in [2.45, 2.75) is 6.61 Å². The second kappa shape index (κ2) is 7.22. The summed E-state index contributed by atoms with van der Waals surface area (Å²) in [6.45, 7) is -0.179. The first-order valence-electron chi connectivity index (χ1n) is 5.69. The van der Waals surface area contributed by atoms with Crippen LogP contribution in [0.1, 0.15) is 5.56 Å². The first kappa shape index (κ1) is 15.6. The van der Waals surface area contributed by atoms with Crippen molar-refractivity contribution in [1.29, 1.82) is 0 Å². The first-order valence-corrected chi connectivity index (χ1v) is 7.30. The second-order valence-corrected chi connectivity index (χ2v) is 6.20. The molecule has 0 bridgehead atoms. The van der Waals surface area contributed by atoms with Gasteiger partial charge in [-0.05, 0) is 5.56 Å². The van der Waals surface area contributed by atoms with E-state index in [1.807, 2.05) is 30.3 Å². The molecule has 0 saturated carbocycles. The first-order chi connectivity index (χ1) is 8.92. The molecule has 0 atom stereocenters. The number of sulfonamides is 1. The zero-order chi connectivity index (χ0) is 14.3. The molecular formula is C12H17NO5S.